The van der Waals surface area contributed by atoms with Crippen molar-refractivity contribution in [1.29, 1.82) is 0 Å². The summed E-state index contributed by atoms with van der Waals surface area (Å²) in [6, 6.07) is 0. The van der Waals surface area contributed by atoms with Crippen LogP contribution in [0.15, 0.2) is 4.52 Å². The second-order valence-electron chi connectivity index (χ2n) is 7.06. The van der Waals surface area contributed by atoms with E-state index in [1.807, 2.05) is 4.90 Å². The monoisotopic (exact) mass is 350 g/mol. The number of carbonyl (C=O) groups excluding carboxylic acids is 1. The van der Waals surface area contributed by atoms with Gasteiger partial charge < -0.3 is 18.9 Å². The zero-order chi connectivity index (χ0) is 17.1. The number of ether oxygens (including phenoxy) is 2. The van der Waals surface area contributed by atoms with Crippen molar-refractivity contribution < 1.29 is 18.8 Å². The van der Waals surface area contributed by atoms with Gasteiger partial charge in [-0.05, 0) is 25.7 Å². The van der Waals surface area contributed by atoms with Crippen LogP contribution in [0.1, 0.15) is 43.3 Å². The summed E-state index contributed by atoms with van der Waals surface area (Å²) >= 11 is 0. The molecule has 3 aliphatic rings. The van der Waals surface area contributed by atoms with E-state index in [1.54, 1.807) is 0 Å². The van der Waals surface area contributed by atoms with E-state index >= 15 is 0 Å². The second kappa shape index (κ2) is 7.80. The van der Waals surface area contributed by atoms with Crippen LogP contribution in [0.4, 0.5) is 0 Å². The molecule has 4 rings (SSSR count). The van der Waals surface area contributed by atoms with Crippen LogP contribution >= 0.6 is 0 Å². The zero-order valence-corrected chi connectivity index (χ0v) is 14.6. The van der Waals surface area contributed by atoms with Crippen molar-refractivity contribution in [2.24, 2.45) is 0 Å². The van der Waals surface area contributed by atoms with E-state index in [1.165, 1.54) is 0 Å². The van der Waals surface area contributed by atoms with Gasteiger partial charge in [-0.1, -0.05) is 5.16 Å². The molecule has 3 fully saturated rings. The van der Waals surface area contributed by atoms with E-state index in [2.05, 4.69) is 15.0 Å². The van der Waals surface area contributed by atoms with E-state index < -0.39 is 0 Å². The summed E-state index contributed by atoms with van der Waals surface area (Å²) < 4.78 is 16.5. The standard InChI is InChI=1S/C17H26N4O4/c22-17(21-5-1-2-6-21)14-11-20(7-10-24-14)12-15-18-16(25-19-15)13-3-8-23-9-4-13/h13-14H,1-12H2. The SMILES string of the molecule is O=C(C1CN(Cc2noc(C3CCOCC3)n2)CCO1)N1CCCC1. The molecule has 0 saturated carbocycles. The van der Waals surface area contributed by atoms with Gasteiger partial charge in [0.15, 0.2) is 5.82 Å². The second-order valence-corrected chi connectivity index (χ2v) is 7.06. The quantitative estimate of drug-likeness (QED) is 0.794. The van der Waals surface area contributed by atoms with E-state index in [9.17, 15) is 4.79 Å². The van der Waals surface area contributed by atoms with Gasteiger partial charge in [-0.3, -0.25) is 9.69 Å². The van der Waals surface area contributed by atoms with Crippen molar-refractivity contribution in [3.63, 3.8) is 0 Å². The summed E-state index contributed by atoms with van der Waals surface area (Å²) in [6.45, 7) is 5.77. The zero-order valence-electron chi connectivity index (χ0n) is 14.6. The summed E-state index contributed by atoms with van der Waals surface area (Å²) in [6.07, 6.45) is 3.70. The largest absolute Gasteiger partial charge is 0.381 e. The normalized spacial score (nSPS) is 26.2. The number of likely N-dealkylation sites (tertiary alicyclic amines) is 1. The minimum Gasteiger partial charge on any atom is -0.381 e. The van der Waals surface area contributed by atoms with Crippen LogP contribution in [0.3, 0.4) is 0 Å². The summed E-state index contributed by atoms with van der Waals surface area (Å²) in [5.41, 5.74) is 0. The number of morpholine rings is 1. The molecule has 1 atom stereocenters. The van der Waals surface area contributed by atoms with Crippen molar-refractivity contribution in [2.45, 2.75) is 44.2 Å². The Kier molecular flexibility index (Phi) is 5.28. The lowest BCUT2D eigenvalue weighted by molar-refractivity contribution is -0.148. The van der Waals surface area contributed by atoms with E-state index in [-0.39, 0.29) is 12.0 Å². The van der Waals surface area contributed by atoms with Gasteiger partial charge in [-0.25, -0.2) is 0 Å². The van der Waals surface area contributed by atoms with Crippen molar-refractivity contribution in [3.8, 4) is 0 Å². The minimum absolute atomic E-state index is 0.123. The van der Waals surface area contributed by atoms with Crippen molar-refractivity contribution in [3.05, 3.63) is 11.7 Å². The first-order valence-electron chi connectivity index (χ1n) is 9.32. The molecule has 8 nitrogen and oxygen atoms in total. The smallest absolute Gasteiger partial charge is 0.253 e. The van der Waals surface area contributed by atoms with Crippen LogP contribution in [0.5, 0.6) is 0 Å². The maximum atomic E-state index is 12.5. The Bertz CT molecular complexity index is 581. The highest BCUT2D eigenvalue weighted by atomic mass is 16.5. The Morgan fingerprint density at radius 1 is 1.12 bits per heavy atom. The first-order chi connectivity index (χ1) is 12.3. The Morgan fingerprint density at radius 3 is 2.72 bits per heavy atom. The number of rotatable bonds is 4. The van der Waals surface area contributed by atoms with Crippen molar-refractivity contribution >= 4 is 5.91 Å². The lowest BCUT2D eigenvalue weighted by Gasteiger charge is -2.33. The molecule has 0 aromatic carbocycles. The fourth-order valence-corrected chi connectivity index (χ4v) is 3.78. The highest BCUT2D eigenvalue weighted by Gasteiger charge is 2.32. The molecule has 3 saturated heterocycles. The number of hydrogen-bond donors (Lipinski definition) is 0. The molecule has 8 heteroatoms. The van der Waals surface area contributed by atoms with Gasteiger partial charge in [0.25, 0.3) is 5.91 Å². The highest BCUT2D eigenvalue weighted by Crippen LogP contribution is 2.25. The van der Waals surface area contributed by atoms with Crippen molar-refractivity contribution in [2.75, 3.05) is 46.0 Å². The third-order valence-electron chi connectivity index (χ3n) is 5.26. The van der Waals surface area contributed by atoms with E-state index in [4.69, 9.17) is 14.0 Å². The molecule has 1 aromatic heterocycles. The maximum Gasteiger partial charge on any atom is 0.253 e. The molecule has 0 aliphatic carbocycles. The number of amides is 1. The number of hydrogen-bond acceptors (Lipinski definition) is 7. The number of nitrogens with zero attached hydrogens (tertiary/aromatic N) is 4. The van der Waals surface area contributed by atoms with Gasteiger partial charge >= 0.3 is 0 Å². The average molecular weight is 350 g/mol. The molecule has 1 amide bonds. The fraction of sp³-hybridized carbons (Fsp3) is 0.824. The summed E-state index contributed by atoms with van der Waals surface area (Å²) in [7, 11) is 0. The minimum atomic E-state index is -0.367. The molecule has 3 aliphatic heterocycles. The number of aromatic nitrogens is 2. The van der Waals surface area contributed by atoms with E-state index in [0.717, 1.165) is 64.4 Å². The Balaban J connectivity index is 1.32. The molecule has 4 heterocycles. The van der Waals surface area contributed by atoms with Gasteiger partial charge in [0.2, 0.25) is 5.89 Å². The van der Waals surface area contributed by atoms with Gasteiger partial charge in [0.05, 0.1) is 13.2 Å². The topological polar surface area (TPSA) is 80.9 Å². The van der Waals surface area contributed by atoms with Crippen LogP contribution in [0.25, 0.3) is 0 Å². The molecule has 1 unspecified atom stereocenters. The van der Waals surface area contributed by atoms with Crippen LogP contribution in [-0.4, -0.2) is 78.0 Å². The molecule has 0 radical (unpaired) electrons. The lowest BCUT2D eigenvalue weighted by atomic mass is 10.0. The van der Waals surface area contributed by atoms with Crippen LogP contribution in [0.2, 0.25) is 0 Å². The number of carbonyl (C=O) groups is 1. The molecule has 0 N–H and O–H groups in total. The maximum absolute atomic E-state index is 12.5. The fourth-order valence-electron chi connectivity index (χ4n) is 3.78. The first kappa shape index (κ1) is 16.9. The summed E-state index contributed by atoms with van der Waals surface area (Å²) in [5.74, 6) is 1.84. The predicted molar refractivity (Wildman–Crippen MR) is 87.9 cm³/mol. The Morgan fingerprint density at radius 2 is 1.92 bits per heavy atom. The molecule has 0 spiro atoms. The van der Waals surface area contributed by atoms with Gasteiger partial charge in [-0.2, -0.15) is 4.98 Å². The van der Waals surface area contributed by atoms with E-state index in [0.29, 0.717) is 31.4 Å². The Hall–Kier alpha value is -1.51. The third-order valence-corrected chi connectivity index (χ3v) is 5.26. The van der Waals surface area contributed by atoms with Crippen LogP contribution in [-0.2, 0) is 20.8 Å². The summed E-state index contributed by atoms with van der Waals surface area (Å²) in [4.78, 5) is 21.2. The molecule has 1 aromatic rings. The molecule has 0 bridgehead atoms. The molecular formula is C17H26N4O4. The first-order valence-corrected chi connectivity index (χ1v) is 9.32. The molecule has 25 heavy (non-hydrogen) atoms. The van der Waals surface area contributed by atoms with Gasteiger partial charge in [0.1, 0.15) is 6.10 Å². The lowest BCUT2D eigenvalue weighted by Crippen LogP contribution is -2.50. The average Bonchev–Trinajstić information content (AvgIpc) is 3.34. The third kappa shape index (κ3) is 4.02. The van der Waals surface area contributed by atoms with Gasteiger partial charge in [0, 0.05) is 45.3 Å². The summed E-state index contributed by atoms with van der Waals surface area (Å²) in [5, 5.41) is 4.13. The molecule has 138 valence electrons. The van der Waals surface area contributed by atoms with Crippen LogP contribution < -0.4 is 0 Å². The Labute approximate surface area is 147 Å². The van der Waals surface area contributed by atoms with Gasteiger partial charge in [-0.15, -0.1) is 0 Å². The predicted octanol–water partition coefficient (Wildman–Crippen LogP) is 0.787. The van der Waals surface area contributed by atoms with Crippen LogP contribution in [0, 0.1) is 0 Å². The molecular weight excluding hydrogens is 324 g/mol. The highest BCUT2D eigenvalue weighted by molar-refractivity contribution is 5.81. The van der Waals surface area contributed by atoms with Crippen molar-refractivity contribution in [1.82, 2.24) is 19.9 Å².